The van der Waals surface area contributed by atoms with Crippen molar-refractivity contribution in [2.45, 2.75) is 50.2 Å². The zero-order valence-corrected chi connectivity index (χ0v) is 31.9. The highest BCUT2D eigenvalue weighted by Gasteiger charge is 2.36. The number of hydrogen-bond acceptors (Lipinski definition) is 7. The van der Waals surface area contributed by atoms with Gasteiger partial charge in [0, 0.05) is 40.1 Å². The monoisotopic (exact) mass is 775 g/mol. The fourth-order valence-corrected chi connectivity index (χ4v) is 7.37. The second-order valence-corrected chi connectivity index (χ2v) is 14.8. The second kappa shape index (κ2) is 17.9. The van der Waals surface area contributed by atoms with E-state index in [9.17, 15) is 18.0 Å². The van der Waals surface area contributed by atoms with Gasteiger partial charge in [0.2, 0.25) is 11.8 Å². The molecule has 4 aromatic rings. The first-order valence-corrected chi connectivity index (χ1v) is 18.6. The predicted octanol–water partition coefficient (Wildman–Crippen LogP) is 7.42. The summed E-state index contributed by atoms with van der Waals surface area (Å²) >= 11 is 19.2. The number of carbonyl (C=O) groups excluding carboxylic acids is 2. The lowest BCUT2D eigenvalue weighted by atomic mass is 10.0. The minimum Gasteiger partial charge on any atom is -0.495 e. The lowest BCUT2D eigenvalue weighted by Gasteiger charge is -2.34. The molecule has 0 aliphatic carbocycles. The molecule has 0 unspecified atom stereocenters. The quantitative estimate of drug-likeness (QED) is 0.126. The molecule has 1 N–H and O–H groups in total. The number of methoxy groups -OCH3 is 3. The molecule has 14 heteroatoms. The fraction of sp³-hybridized carbons (Fsp3) is 0.297. The van der Waals surface area contributed by atoms with E-state index in [4.69, 9.17) is 49.0 Å². The molecular formula is C37H40Cl3N3O7S. The summed E-state index contributed by atoms with van der Waals surface area (Å²) in [7, 11) is -0.351. The van der Waals surface area contributed by atoms with Crippen LogP contribution in [0.25, 0.3) is 0 Å². The number of carbonyl (C=O) groups is 2. The van der Waals surface area contributed by atoms with Crippen molar-refractivity contribution in [3.8, 4) is 17.2 Å². The number of amides is 2. The Morgan fingerprint density at radius 1 is 0.804 bits per heavy atom. The molecule has 0 saturated heterocycles. The summed E-state index contributed by atoms with van der Waals surface area (Å²) in [6.45, 7) is 2.91. The molecule has 51 heavy (non-hydrogen) atoms. The van der Waals surface area contributed by atoms with E-state index in [1.165, 1.54) is 68.7 Å². The van der Waals surface area contributed by atoms with E-state index in [2.05, 4.69) is 5.32 Å². The van der Waals surface area contributed by atoms with E-state index in [1.54, 1.807) is 12.1 Å². The number of halogens is 3. The number of ether oxygens (including phenoxy) is 3. The molecule has 0 aliphatic heterocycles. The Morgan fingerprint density at radius 3 is 2.06 bits per heavy atom. The maximum Gasteiger partial charge on any atom is 0.265 e. The first-order chi connectivity index (χ1) is 24.3. The van der Waals surface area contributed by atoms with Gasteiger partial charge in [0.1, 0.15) is 18.3 Å². The Hall–Kier alpha value is -4.16. The molecule has 0 aliphatic rings. The summed E-state index contributed by atoms with van der Waals surface area (Å²) in [4.78, 5) is 30.1. The van der Waals surface area contributed by atoms with E-state index in [0.29, 0.717) is 22.8 Å². The number of anilines is 1. The zero-order valence-electron chi connectivity index (χ0n) is 28.9. The molecule has 0 bridgehead atoms. The Labute approximate surface area is 314 Å². The third kappa shape index (κ3) is 9.79. The van der Waals surface area contributed by atoms with Crippen molar-refractivity contribution in [1.29, 1.82) is 0 Å². The Morgan fingerprint density at radius 2 is 1.43 bits per heavy atom. The highest BCUT2D eigenvalue weighted by molar-refractivity contribution is 7.92. The van der Waals surface area contributed by atoms with Crippen molar-refractivity contribution < 1.29 is 32.2 Å². The van der Waals surface area contributed by atoms with E-state index in [-0.39, 0.29) is 51.1 Å². The number of sulfonamides is 1. The molecule has 0 fully saturated rings. The van der Waals surface area contributed by atoms with Gasteiger partial charge < -0.3 is 24.4 Å². The SMILES string of the molecule is CC[C@H](C)NC(=O)[C@@H](Cc1ccccc1)N(Cc1ccc(Cl)cc1Cl)C(=O)CN(c1cc(Cl)ccc1OC)S(=O)(=O)c1ccc(OC)c(OC)c1. The minimum absolute atomic E-state index is 0.00118. The molecule has 0 spiro atoms. The van der Waals surface area contributed by atoms with E-state index < -0.39 is 34.4 Å². The minimum atomic E-state index is -4.54. The summed E-state index contributed by atoms with van der Waals surface area (Å²) in [6, 6.07) is 21.3. The summed E-state index contributed by atoms with van der Waals surface area (Å²) < 4.78 is 46.4. The molecule has 4 aromatic carbocycles. The summed E-state index contributed by atoms with van der Waals surface area (Å²) in [5.74, 6) is -0.513. The van der Waals surface area contributed by atoms with Gasteiger partial charge in [-0.15, -0.1) is 0 Å². The number of benzene rings is 4. The van der Waals surface area contributed by atoms with Gasteiger partial charge in [0.15, 0.2) is 11.5 Å². The average molecular weight is 777 g/mol. The first-order valence-electron chi connectivity index (χ1n) is 16.0. The highest BCUT2D eigenvalue weighted by Crippen LogP contribution is 2.37. The zero-order chi connectivity index (χ0) is 37.3. The van der Waals surface area contributed by atoms with Crippen molar-refractivity contribution in [3.05, 3.63) is 111 Å². The van der Waals surface area contributed by atoms with Gasteiger partial charge in [-0.1, -0.05) is 78.1 Å². The van der Waals surface area contributed by atoms with Crippen LogP contribution in [0.15, 0.2) is 89.8 Å². The van der Waals surface area contributed by atoms with E-state index in [0.717, 1.165) is 9.87 Å². The maximum atomic E-state index is 14.8. The molecule has 0 radical (unpaired) electrons. The molecule has 10 nitrogen and oxygen atoms in total. The van der Waals surface area contributed by atoms with Crippen LogP contribution in [0.1, 0.15) is 31.4 Å². The van der Waals surface area contributed by atoms with E-state index in [1.807, 2.05) is 44.2 Å². The van der Waals surface area contributed by atoms with Gasteiger partial charge in [-0.25, -0.2) is 8.42 Å². The molecule has 2 amide bonds. The van der Waals surface area contributed by atoms with Crippen LogP contribution in [0.5, 0.6) is 17.2 Å². The third-order valence-electron chi connectivity index (χ3n) is 8.26. The number of nitrogens with zero attached hydrogens (tertiary/aromatic N) is 2. The topological polar surface area (TPSA) is 114 Å². The fourth-order valence-electron chi connectivity index (χ4n) is 5.30. The van der Waals surface area contributed by atoms with Crippen molar-refractivity contribution >= 4 is 62.3 Å². The van der Waals surface area contributed by atoms with Gasteiger partial charge in [-0.2, -0.15) is 0 Å². The van der Waals surface area contributed by atoms with Crippen molar-refractivity contribution in [3.63, 3.8) is 0 Å². The number of hydrogen-bond donors (Lipinski definition) is 1. The van der Waals surface area contributed by atoms with Gasteiger partial charge >= 0.3 is 0 Å². The lowest BCUT2D eigenvalue weighted by molar-refractivity contribution is -0.140. The summed E-state index contributed by atoms with van der Waals surface area (Å²) in [5, 5.41) is 3.86. The van der Waals surface area contributed by atoms with Crippen LogP contribution >= 0.6 is 34.8 Å². The third-order valence-corrected chi connectivity index (χ3v) is 10.8. The second-order valence-electron chi connectivity index (χ2n) is 11.6. The summed E-state index contributed by atoms with van der Waals surface area (Å²) in [5.41, 5.74) is 1.29. The molecule has 0 saturated carbocycles. The van der Waals surface area contributed by atoms with Gasteiger partial charge in [-0.3, -0.25) is 13.9 Å². The number of nitrogens with one attached hydrogen (secondary N) is 1. The largest absolute Gasteiger partial charge is 0.495 e. The number of rotatable bonds is 16. The highest BCUT2D eigenvalue weighted by atomic mass is 35.5. The molecule has 4 rings (SSSR count). The smallest absolute Gasteiger partial charge is 0.265 e. The Bertz CT molecular complexity index is 1950. The average Bonchev–Trinajstić information content (AvgIpc) is 3.12. The van der Waals surface area contributed by atoms with Crippen LogP contribution in [0.3, 0.4) is 0 Å². The normalized spacial score (nSPS) is 12.4. The van der Waals surface area contributed by atoms with Gasteiger partial charge in [-0.05, 0) is 66.9 Å². The van der Waals surface area contributed by atoms with Crippen molar-refractivity contribution in [1.82, 2.24) is 10.2 Å². The van der Waals surface area contributed by atoms with Crippen molar-refractivity contribution in [2.24, 2.45) is 0 Å². The first kappa shape index (κ1) is 39.6. The molecule has 0 heterocycles. The van der Waals surface area contributed by atoms with Crippen LogP contribution < -0.4 is 23.8 Å². The van der Waals surface area contributed by atoms with Crippen LogP contribution in [-0.4, -0.2) is 65.1 Å². The van der Waals surface area contributed by atoms with Crippen LogP contribution in [0.4, 0.5) is 5.69 Å². The van der Waals surface area contributed by atoms with Gasteiger partial charge in [0.25, 0.3) is 10.0 Å². The maximum absolute atomic E-state index is 14.8. The Kier molecular flexibility index (Phi) is 13.9. The van der Waals surface area contributed by atoms with Crippen LogP contribution in [-0.2, 0) is 32.6 Å². The molecular weight excluding hydrogens is 737 g/mol. The lowest BCUT2D eigenvalue weighted by Crippen LogP contribution is -2.54. The summed E-state index contributed by atoms with van der Waals surface area (Å²) in [6.07, 6.45) is 0.773. The van der Waals surface area contributed by atoms with Crippen LogP contribution in [0.2, 0.25) is 15.1 Å². The van der Waals surface area contributed by atoms with E-state index >= 15 is 0 Å². The molecule has 272 valence electrons. The molecule has 0 aromatic heterocycles. The predicted molar refractivity (Wildman–Crippen MR) is 201 cm³/mol. The van der Waals surface area contributed by atoms with Crippen LogP contribution in [0, 0.1) is 0 Å². The van der Waals surface area contributed by atoms with Gasteiger partial charge in [0.05, 0.1) is 31.9 Å². The molecule has 2 atom stereocenters. The van der Waals surface area contributed by atoms with Crippen molar-refractivity contribution in [2.75, 3.05) is 32.2 Å². The Balaban J connectivity index is 1.91. The standard InChI is InChI=1S/C37H40Cl3N3O7S/c1-6-24(2)41-37(45)32(18-25-10-8-7-9-11-25)42(22-26-12-13-27(38)19-30(26)40)36(44)23-43(31-20-28(39)14-16-33(31)48-3)51(46,47)29-15-17-34(49-4)35(21-29)50-5/h7-17,19-21,24,32H,6,18,22-23H2,1-5H3,(H,41,45)/t24-,32+/m0/s1.